The molecule has 4 heteroatoms. The van der Waals surface area contributed by atoms with Crippen LogP contribution in [-0.4, -0.2) is 12.5 Å². The smallest absolute Gasteiger partial charge is 0.224 e. The maximum Gasteiger partial charge on any atom is 0.224 e. The molecule has 1 aliphatic rings. The van der Waals surface area contributed by atoms with E-state index in [0.717, 1.165) is 17.8 Å². The number of hydrogen-bond acceptors (Lipinski definition) is 2. The van der Waals surface area contributed by atoms with E-state index in [4.69, 9.17) is 5.73 Å². The summed E-state index contributed by atoms with van der Waals surface area (Å²) >= 11 is 0. The summed E-state index contributed by atoms with van der Waals surface area (Å²) in [5, 5.41) is 2.99. The quantitative estimate of drug-likeness (QED) is 0.824. The van der Waals surface area contributed by atoms with Gasteiger partial charge in [-0.05, 0) is 35.4 Å². The molecule has 1 aromatic rings. The van der Waals surface area contributed by atoms with E-state index >= 15 is 0 Å². The first kappa shape index (κ1) is 14.8. The topological polar surface area (TPSA) is 55.1 Å². The lowest BCUT2D eigenvalue weighted by Crippen LogP contribution is -2.28. The first-order chi connectivity index (χ1) is 7.97. The molecule has 3 N–H and O–H groups in total. The highest BCUT2D eigenvalue weighted by Gasteiger charge is 2.45. The van der Waals surface area contributed by atoms with Crippen LogP contribution in [0.4, 0.5) is 5.69 Å². The van der Waals surface area contributed by atoms with Crippen molar-refractivity contribution >= 4 is 24.0 Å². The van der Waals surface area contributed by atoms with Crippen LogP contribution in [-0.2, 0) is 11.2 Å². The highest BCUT2D eigenvalue weighted by Crippen LogP contribution is 2.50. The number of hydrogen-bond donors (Lipinski definition) is 2. The van der Waals surface area contributed by atoms with Gasteiger partial charge in [-0.2, -0.15) is 0 Å². The summed E-state index contributed by atoms with van der Waals surface area (Å²) in [6, 6.07) is 7.45. The van der Waals surface area contributed by atoms with E-state index in [1.807, 2.05) is 24.3 Å². The molecular weight excluding hydrogens is 248 g/mol. The summed E-state index contributed by atoms with van der Waals surface area (Å²) < 4.78 is 0. The van der Waals surface area contributed by atoms with Crippen molar-refractivity contribution in [2.45, 2.75) is 26.7 Å². The van der Waals surface area contributed by atoms with Crippen LogP contribution in [0.3, 0.4) is 0 Å². The summed E-state index contributed by atoms with van der Waals surface area (Å²) in [5.41, 5.74) is 7.76. The number of amides is 1. The standard InChI is InChI=1S/C14H20N2O.ClH/c1-14(2)8-11(14)9-16-13(17)7-10-3-5-12(15)6-4-10;/h3-6,11H,7-9,15H2,1-2H3,(H,16,17);1H. The van der Waals surface area contributed by atoms with Gasteiger partial charge in [0.1, 0.15) is 0 Å². The molecular formula is C14H21ClN2O. The summed E-state index contributed by atoms with van der Waals surface area (Å²) in [5.74, 6) is 0.746. The van der Waals surface area contributed by atoms with Crippen molar-refractivity contribution in [3.8, 4) is 0 Å². The SMILES string of the molecule is CC1(C)CC1CNC(=O)Cc1ccc(N)cc1.Cl. The Morgan fingerprint density at radius 2 is 1.94 bits per heavy atom. The molecule has 18 heavy (non-hydrogen) atoms. The zero-order valence-electron chi connectivity index (χ0n) is 10.9. The van der Waals surface area contributed by atoms with Crippen LogP contribution in [0.15, 0.2) is 24.3 Å². The van der Waals surface area contributed by atoms with Crippen molar-refractivity contribution in [1.29, 1.82) is 0 Å². The number of nitrogens with two attached hydrogens (primary N) is 1. The molecule has 2 rings (SSSR count). The van der Waals surface area contributed by atoms with Gasteiger partial charge in [-0.3, -0.25) is 4.79 Å². The minimum Gasteiger partial charge on any atom is -0.399 e. The van der Waals surface area contributed by atoms with Crippen LogP contribution in [0.25, 0.3) is 0 Å². The van der Waals surface area contributed by atoms with Crippen LogP contribution >= 0.6 is 12.4 Å². The van der Waals surface area contributed by atoms with Gasteiger partial charge >= 0.3 is 0 Å². The fourth-order valence-electron chi connectivity index (χ4n) is 2.05. The van der Waals surface area contributed by atoms with Crippen LogP contribution in [0, 0.1) is 11.3 Å². The molecule has 1 unspecified atom stereocenters. The normalized spacial score (nSPS) is 19.8. The molecule has 1 aliphatic carbocycles. The third-order valence-corrected chi connectivity index (χ3v) is 3.61. The van der Waals surface area contributed by atoms with Gasteiger partial charge in [-0.15, -0.1) is 12.4 Å². The van der Waals surface area contributed by atoms with Gasteiger partial charge in [0.05, 0.1) is 6.42 Å². The summed E-state index contributed by atoms with van der Waals surface area (Å²) in [6.07, 6.45) is 1.66. The molecule has 1 saturated carbocycles. The highest BCUT2D eigenvalue weighted by molar-refractivity contribution is 5.85. The predicted octanol–water partition coefficient (Wildman–Crippen LogP) is 2.40. The molecule has 3 nitrogen and oxygen atoms in total. The number of nitrogen functional groups attached to an aromatic ring is 1. The second-order valence-electron chi connectivity index (χ2n) is 5.61. The summed E-state index contributed by atoms with van der Waals surface area (Å²) in [4.78, 5) is 11.7. The fourth-order valence-corrected chi connectivity index (χ4v) is 2.05. The minimum atomic E-state index is 0. The molecule has 1 atom stereocenters. The van der Waals surface area contributed by atoms with E-state index in [-0.39, 0.29) is 18.3 Å². The molecule has 100 valence electrons. The predicted molar refractivity (Wildman–Crippen MR) is 76.7 cm³/mol. The Morgan fingerprint density at radius 1 is 1.39 bits per heavy atom. The third-order valence-electron chi connectivity index (χ3n) is 3.61. The van der Waals surface area contributed by atoms with E-state index in [1.165, 1.54) is 6.42 Å². The molecule has 0 radical (unpaired) electrons. The highest BCUT2D eigenvalue weighted by atomic mass is 35.5. The zero-order valence-corrected chi connectivity index (χ0v) is 11.7. The molecule has 1 fully saturated rings. The van der Waals surface area contributed by atoms with Crippen LogP contribution < -0.4 is 11.1 Å². The largest absolute Gasteiger partial charge is 0.399 e. The van der Waals surface area contributed by atoms with Gasteiger partial charge in [0.25, 0.3) is 0 Å². The number of benzene rings is 1. The van der Waals surface area contributed by atoms with E-state index in [0.29, 0.717) is 17.8 Å². The van der Waals surface area contributed by atoms with Gasteiger partial charge in [0, 0.05) is 12.2 Å². The number of anilines is 1. The molecule has 1 amide bonds. The van der Waals surface area contributed by atoms with Crippen LogP contribution in [0.2, 0.25) is 0 Å². The number of nitrogens with one attached hydrogen (secondary N) is 1. The van der Waals surface area contributed by atoms with Crippen molar-refractivity contribution < 1.29 is 4.79 Å². The van der Waals surface area contributed by atoms with E-state index < -0.39 is 0 Å². The fraction of sp³-hybridized carbons (Fsp3) is 0.500. The number of halogens is 1. The van der Waals surface area contributed by atoms with Crippen molar-refractivity contribution in [2.75, 3.05) is 12.3 Å². The lowest BCUT2D eigenvalue weighted by Gasteiger charge is -2.06. The molecule has 0 saturated heterocycles. The lowest BCUT2D eigenvalue weighted by atomic mass is 10.1. The third kappa shape index (κ3) is 3.91. The van der Waals surface area contributed by atoms with Crippen molar-refractivity contribution in [2.24, 2.45) is 11.3 Å². The van der Waals surface area contributed by atoms with Gasteiger partial charge in [-0.25, -0.2) is 0 Å². The first-order valence-electron chi connectivity index (χ1n) is 6.08. The van der Waals surface area contributed by atoms with E-state index in [2.05, 4.69) is 19.2 Å². The van der Waals surface area contributed by atoms with Gasteiger partial charge in [0.15, 0.2) is 0 Å². The monoisotopic (exact) mass is 268 g/mol. The molecule has 0 heterocycles. The Bertz CT molecular complexity index is 414. The Labute approximate surface area is 115 Å². The van der Waals surface area contributed by atoms with E-state index in [9.17, 15) is 4.79 Å². The number of rotatable bonds is 4. The summed E-state index contributed by atoms with van der Waals surface area (Å²) in [6.45, 7) is 5.29. The zero-order chi connectivity index (χ0) is 12.5. The molecule has 0 spiro atoms. The Morgan fingerprint density at radius 3 is 2.44 bits per heavy atom. The van der Waals surface area contributed by atoms with Crippen molar-refractivity contribution in [1.82, 2.24) is 5.32 Å². The Balaban J connectivity index is 0.00000162. The van der Waals surface area contributed by atoms with Gasteiger partial charge < -0.3 is 11.1 Å². The second kappa shape index (κ2) is 5.61. The Hall–Kier alpha value is -1.22. The van der Waals surface area contributed by atoms with E-state index in [1.54, 1.807) is 0 Å². The maximum atomic E-state index is 11.7. The van der Waals surface area contributed by atoms with Crippen LogP contribution in [0.1, 0.15) is 25.8 Å². The first-order valence-corrected chi connectivity index (χ1v) is 6.08. The average molecular weight is 269 g/mol. The van der Waals surface area contributed by atoms with Gasteiger partial charge in [-0.1, -0.05) is 26.0 Å². The molecule has 0 aliphatic heterocycles. The maximum absolute atomic E-state index is 11.7. The van der Waals surface area contributed by atoms with Crippen LogP contribution in [0.5, 0.6) is 0 Å². The molecule has 1 aromatic carbocycles. The average Bonchev–Trinajstić information content (AvgIpc) is 2.87. The lowest BCUT2D eigenvalue weighted by molar-refractivity contribution is -0.120. The van der Waals surface area contributed by atoms with Gasteiger partial charge in [0.2, 0.25) is 5.91 Å². The van der Waals surface area contributed by atoms with Crippen molar-refractivity contribution in [3.63, 3.8) is 0 Å². The number of carbonyl (C=O) groups is 1. The number of carbonyl (C=O) groups excluding carboxylic acids is 1. The molecule has 0 aromatic heterocycles. The Kier molecular flexibility index (Phi) is 4.63. The van der Waals surface area contributed by atoms with Crippen molar-refractivity contribution in [3.05, 3.63) is 29.8 Å². The molecule has 0 bridgehead atoms. The minimum absolute atomic E-state index is 0. The second-order valence-corrected chi connectivity index (χ2v) is 5.61. The summed E-state index contributed by atoms with van der Waals surface area (Å²) in [7, 11) is 0.